The van der Waals surface area contributed by atoms with Crippen LogP contribution in [0.3, 0.4) is 0 Å². The van der Waals surface area contributed by atoms with E-state index in [1.807, 2.05) is 42.5 Å². The molecule has 1 saturated carbocycles. The van der Waals surface area contributed by atoms with E-state index in [-0.39, 0.29) is 11.8 Å². The number of nitrogens with zero attached hydrogens (tertiary/aromatic N) is 1. The lowest BCUT2D eigenvalue weighted by molar-refractivity contribution is 0.0733. The van der Waals surface area contributed by atoms with Gasteiger partial charge in [0.1, 0.15) is 0 Å². The molecule has 0 radical (unpaired) electrons. The Morgan fingerprint density at radius 1 is 0.962 bits per heavy atom. The lowest BCUT2D eigenvalue weighted by atomic mass is 9.90. The molecule has 26 heavy (non-hydrogen) atoms. The van der Waals surface area contributed by atoms with Crippen LogP contribution < -0.4 is 5.32 Å². The Labute approximate surface area is 154 Å². The number of amides is 2. The first-order valence-electron chi connectivity index (χ1n) is 9.44. The number of hydrogen-bond donors (Lipinski definition) is 1. The van der Waals surface area contributed by atoms with Crippen molar-refractivity contribution in [1.29, 1.82) is 0 Å². The minimum absolute atomic E-state index is 0.0879. The molecule has 0 spiro atoms. The first kappa shape index (κ1) is 16.8. The molecule has 2 aromatic rings. The van der Waals surface area contributed by atoms with E-state index >= 15 is 0 Å². The Hall–Kier alpha value is -2.62. The van der Waals surface area contributed by atoms with Crippen LogP contribution in [-0.2, 0) is 6.54 Å². The van der Waals surface area contributed by atoms with Crippen molar-refractivity contribution in [3.8, 4) is 0 Å². The van der Waals surface area contributed by atoms with Gasteiger partial charge in [-0.25, -0.2) is 0 Å². The quantitative estimate of drug-likeness (QED) is 0.917. The van der Waals surface area contributed by atoms with Gasteiger partial charge in [0.2, 0.25) is 0 Å². The molecule has 4 rings (SSSR count). The van der Waals surface area contributed by atoms with Gasteiger partial charge in [-0.3, -0.25) is 9.59 Å². The second-order valence-electron chi connectivity index (χ2n) is 7.39. The van der Waals surface area contributed by atoms with Gasteiger partial charge in [-0.15, -0.1) is 0 Å². The van der Waals surface area contributed by atoms with Crippen molar-refractivity contribution in [3.63, 3.8) is 0 Å². The number of likely N-dealkylation sites (tertiary alicyclic amines) is 1. The molecule has 4 nitrogen and oxygen atoms in total. The van der Waals surface area contributed by atoms with Gasteiger partial charge in [-0.05, 0) is 55.0 Å². The molecule has 1 N–H and O–H groups in total. The number of benzene rings is 2. The summed E-state index contributed by atoms with van der Waals surface area (Å²) >= 11 is 0. The minimum atomic E-state index is -0.0879. The van der Waals surface area contributed by atoms with Crippen molar-refractivity contribution in [1.82, 2.24) is 10.2 Å². The van der Waals surface area contributed by atoms with Crippen molar-refractivity contribution >= 4 is 11.8 Å². The molecule has 4 heteroatoms. The first-order valence-corrected chi connectivity index (χ1v) is 9.44. The summed E-state index contributed by atoms with van der Waals surface area (Å²) in [5, 5.41) is 2.92. The zero-order valence-electron chi connectivity index (χ0n) is 14.9. The van der Waals surface area contributed by atoms with E-state index in [0.29, 0.717) is 24.1 Å². The molecular weight excluding hydrogens is 324 g/mol. The van der Waals surface area contributed by atoms with E-state index in [0.717, 1.165) is 24.1 Å². The topological polar surface area (TPSA) is 49.4 Å². The summed E-state index contributed by atoms with van der Waals surface area (Å²) in [4.78, 5) is 27.0. The highest BCUT2D eigenvalue weighted by atomic mass is 16.2. The van der Waals surface area contributed by atoms with Gasteiger partial charge in [-0.2, -0.15) is 0 Å². The Morgan fingerprint density at radius 2 is 1.73 bits per heavy atom. The second-order valence-corrected chi connectivity index (χ2v) is 7.39. The molecule has 2 fully saturated rings. The summed E-state index contributed by atoms with van der Waals surface area (Å²) in [5.41, 5.74) is 2.39. The number of nitrogens with one attached hydrogen (secondary N) is 1. The van der Waals surface area contributed by atoms with Gasteiger partial charge in [0.05, 0.1) is 0 Å². The fourth-order valence-corrected chi connectivity index (χ4v) is 4.19. The second kappa shape index (κ2) is 7.32. The SMILES string of the molecule is O=C(NCc1ccc(C(=O)N2CC3CCCC2C3)cc1)c1ccccc1. The zero-order chi connectivity index (χ0) is 17.9. The van der Waals surface area contributed by atoms with Crippen LogP contribution in [0.4, 0.5) is 0 Å². The molecule has 2 aliphatic rings. The Bertz CT molecular complexity index is 786. The Balaban J connectivity index is 1.36. The summed E-state index contributed by atoms with van der Waals surface area (Å²) in [7, 11) is 0. The van der Waals surface area contributed by atoms with Gasteiger partial charge in [0.25, 0.3) is 11.8 Å². The predicted molar refractivity (Wildman–Crippen MR) is 101 cm³/mol. The maximum Gasteiger partial charge on any atom is 0.254 e. The Morgan fingerprint density at radius 3 is 2.46 bits per heavy atom. The molecule has 1 heterocycles. The van der Waals surface area contributed by atoms with Crippen LogP contribution in [0.1, 0.15) is 52.0 Å². The average molecular weight is 348 g/mol. The summed E-state index contributed by atoms with van der Waals surface area (Å²) < 4.78 is 0. The zero-order valence-corrected chi connectivity index (χ0v) is 14.9. The van der Waals surface area contributed by atoms with Crippen LogP contribution in [0.2, 0.25) is 0 Å². The maximum absolute atomic E-state index is 12.8. The van der Waals surface area contributed by atoms with Crippen molar-refractivity contribution in [3.05, 3.63) is 71.3 Å². The molecule has 1 aliphatic carbocycles. The van der Waals surface area contributed by atoms with Crippen molar-refractivity contribution in [2.24, 2.45) is 5.92 Å². The van der Waals surface area contributed by atoms with Crippen molar-refractivity contribution in [2.45, 2.75) is 38.3 Å². The Kier molecular flexibility index (Phi) is 4.74. The smallest absolute Gasteiger partial charge is 0.254 e. The molecule has 2 aromatic carbocycles. The van der Waals surface area contributed by atoms with Crippen LogP contribution in [-0.4, -0.2) is 29.3 Å². The van der Waals surface area contributed by atoms with E-state index in [4.69, 9.17) is 0 Å². The van der Waals surface area contributed by atoms with Crippen molar-refractivity contribution < 1.29 is 9.59 Å². The third kappa shape index (κ3) is 3.50. The van der Waals surface area contributed by atoms with Gasteiger partial charge in [-0.1, -0.05) is 36.8 Å². The number of carbonyl (C=O) groups is 2. The summed E-state index contributed by atoms with van der Waals surface area (Å²) in [6.07, 6.45) is 4.83. The van der Waals surface area contributed by atoms with Crippen LogP contribution in [0.15, 0.2) is 54.6 Å². The first-order chi connectivity index (χ1) is 12.7. The standard InChI is InChI=1S/C22H24N2O2/c25-21(18-6-2-1-3-7-18)23-14-16-9-11-19(12-10-16)22(26)24-15-17-5-4-8-20(24)13-17/h1-3,6-7,9-12,17,20H,4-5,8,13-15H2,(H,23,25). The molecule has 1 saturated heterocycles. The average Bonchev–Trinajstić information content (AvgIpc) is 3.00. The summed E-state index contributed by atoms with van der Waals surface area (Å²) in [5.74, 6) is 0.763. The highest BCUT2D eigenvalue weighted by Gasteiger charge is 2.37. The molecule has 134 valence electrons. The number of hydrogen-bond acceptors (Lipinski definition) is 2. The third-order valence-electron chi connectivity index (χ3n) is 5.60. The lowest BCUT2D eigenvalue weighted by Crippen LogP contribution is -2.35. The van der Waals surface area contributed by atoms with Crippen LogP contribution in [0.5, 0.6) is 0 Å². The fourth-order valence-electron chi connectivity index (χ4n) is 4.19. The van der Waals surface area contributed by atoms with E-state index in [1.165, 1.54) is 19.3 Å². The molecule has 2 unspecified atom stereocenters. The monoisotopic (exact) mass is 348 g/mol. The third-order valence-corrected chi connectivity index (χ3v) is 5.60. The highest BCUT2D eigenvalue weighted by molar-refractivity contribution is 5.95. The number of fused-ring (bicyclic) bond motifs is 2. The molecule has 2 amide bonds. The van der Waals surface area contributed by atoms with E-state index in [9.17, 15) is 9.59 Å². The highest BCUT2D eigenvalue weighted by Crippen LogP contribution is 2.36. The lowest BCUT2D eigenvalue weighted by Gasteiger charge is -2.24. The molecule has 2 bridgehead atoms. The number of carbonyl (C=O) groups excluding carboxylic acids is 2. The summed E-state index contributed by atoms with van der Waals surface area (Å²) in [6, 6.07) is 17.2. The molecule has 1 aliphatic heterocycles. The predicted octanol–water partition coefficient (Wildman–Crippen LogP) is 3.63. The van der Waals surface area contributed by atoms with Crippen LogP contribution >= 0.6 is 0 Å². The molecular formula is C22H24N2O2. The maximum atomic E-state index is 12.8. The van der Waals surface area contributed by atoms with E-state index < -0.39 is 0 Å². The van der Waals surface area contributed by atoms with Crippen molar-refractivity contribution in [2.75, 3.05) is 6.54 Å². The fraction of sp³-hybridized carbons (Fsp3) is 0.364. The summed E-state index contributed by atoms with van der Waals surface area (Å²) in [6.45, 7) is 1.37. The van der Waals surface area contributed by atoms with Gasteiger partial charge in [0.15, 0.2) is 0 Å². The van der Waals surface area contributed by atoms with Gasteiger partial charge >= 0.3 is 0 Å². The van der Waals surface area contributed by atoms with E-state index in [1.54, 1.807) is 12.1 Å². The number of rotatable bonds is 4. The largest absolute Gasteiger partial charge is 0.348 e. The molecule has 2 atom stereocenters. The van der Waals surface area contributed by atoms with Crippen LogP contribution in [0.25, 0.3) is 0 Å². The van der Waals surface area contributed by atoms with Crippen LogP contribution in [0, 0.1) is 5.92 Å². The minimum Gasteiger partial charge on any atom is -0.348 e. The molecule has 0 aromatic heterocycles. The van der Waals surface area contributed by atoms with Gasteiger partial charge in [0, 0.05) is 30.3 Å². The van der Waals surface area contributed by atoms with E-state index in [2.05, 4.69) is 10.2 Å². The van der Waals surface area contributed by atoms with Gasteiger partial charge < -0.3 is 10.2 Å². The normalized spacial score (nSPS) is 21.5.